The van der Waals surface area contributed by atoms with Gasteiger partial charge in [-0.05, 0) is 30.0 Å². The van der Waals surface area contributed by atoms with Crippen LogP contribution < -0.4 is 14.4 Å². The third-order valence-corrected chi connectivity index (χ3v) is 7.19. The first-order valence-electron chi connectivity index (χ1n) is 9.51. The smallest absolute Gasteiger partial charge is 0.273 e. The van der Waals surface area contributed by atoms with Gasteiger partial charge >= 0.3 is 0 Å². The van der Waals surface area contributed by atoms with Crippen LogP contribution in [0.3, 0.4) is 0 Å². The molecule has 0 N–H and O–H groups in total. The Kier molecular flexibility index (Phi) is 4.36. The zero-order valence-corrected chi connectivity index (χ0v) is 18.2. The number of thiazole rings is 2. The molecule has 0 atom stereocenters. The van der Waals surface area contributed by atoms with E-state index in [1.807, 2.05) is 17.5 Å². The molecule has 0 fully saturated rings. The van der Waals surface area contributed by atoms with E-state index in [1.165, 1.54) is 22.7 Å². The predicted molar refractivity (Wildman–Crippen MR) is 115 cm³/mol. The first kappa shape index (κ1) is 18.6. The van der Waals surface area contributed by atoms with Gasteiger partial charge in [0.1, 0.15) is 12.4 Å². The van der Waals surface area contributed by atoms with Gasteiger partial charge in [0.2, 0.25) is 0 Å². The van der Waals surface area contributed by atoms with Crippen LogP contribution in [0.25, 0.3) is 11.3 Å². The number of fused-ring (bicyclic) bond motifs is 2. The molecule has 1 aliphatic carbocycles. The highest BCUT2D eigenvalue weighted by molar-refractivity contribution is 7.17. The predicted octanol–water partition coefficient (Wildman–Crippen LogP) is 4.96. The molecule has 0 spiro atoms. The summed E-state index contributed by atoms with van der Waals surface area (Å²) in [4.78, 5) is 25.0. The summed E-state index contributed by atoms with van der Waals surface area (Å²) in [6, 6.07) is 6.06. The molecule has 8 heteroatoms. The van der Waals surface area contributed by atoms with Gasteiger partial charge in [-0.1, -0.05) is 36.5 Å². The second-order valence-electron chi connectivity index (χ2n) is 8.10. The Labute approximate surface area is 177 Å². The lowest BCUT2D eigenvalue weighted by molar-refractivity contribution is 0.0916. The molecule has 1 aromatic carbocycles. The van der Waals surface area contributed by atoms with E-state index in [4.69, 9.17) is 14.5 Å². The van der Waals surface area contributed by atoms with Crippen LogP contribution in [0.1, 0.15) is 35.6 Å². The lowest BCUT2D eigenvalue weighted by Gasteiger charge is -2.29. The normalized spacial score (nSPS) is 17.5. The van der Waals surface area contributed by atoms with Crippen molar-refractivity contribution in [2.24, 2.45) is 5.41 Å². The number of ketones is 1. The maximum atomic E-state index is 12.6. The standard InChI is InChI=1S/C21H21N3O3S2/c1-21(2)9-13-18(16(25)10-21)29-19(22-13)24-6-7-27-17-5-4-12(8-15(17)24)14-11-28-20(23-14)26-3/h4-5,8,11H,6-7,9-10H2,1-3H3. The molecule has 2 aromatic heterocycles. The summed E-state index contributed by atoms with van der Waals surface area (Å²) >= 11 is 2.97. The molecule has 0 radical (unpaired) electrons. The largest absolute Gasteiger partial charge is 0.490 e. The van der Waals surface area contributed by atoms with Gasteiger partial charge in [0.25, 0.3) is 5.19 Å². The first-order chi connectivity index (χ1) is 13.9. The van der Waals surface area contributed by atoms with Crippen LogP contribution in [0.4, 0.5) is 10.8 Å². The fourth-order valence-electron chi connectivity index (χ4n) is 3.88. The highest BCUT2D eigenvalue weighted by Gasteiger charge is 2.35. The van der Waals surface area contributed by atoms with Gasteiger partial charge in [0.05, 0.1) is 35.6 Å². The second-order valence-corrected chi connectivity index (χ2v) is 9.90. The number of rotatable bonds is 3. The van der Waals surface area contributed by atoms with E-state index in [1.54, 1.807) is 7.11 Å². The van der Waals surface area contributed by atoms with Crippen LogP contribution in [0, 0.1) is 5.41 Å². The van der Waals surface area contributed by atoms with Crippen LogP contribution in [0.2, 0.25) is 0 Å². The van der Waals surface area contributed by atoms with Gasteiger partial charge in [-0.2, -0.15) is 0 Å². The highest BCUT2D eigenvalue weighted by atomic mass is 32.1. The van der Waals surface area contributed by atoms with Gasteiger partial charge in [0, 0.05) is 17.4 Å². The van der Waals surface area contributed by atoms with Crippen molar-refractivity contribution in [2.45, 2.75) is 26.7 Å². The molecule has 2 aliphatic rings. The molecule has 0 saturated heterocycles. The van der Waals surface area contributed by atoms with E-state index in [9.17, 15) is 4.79 Å². The number of benzene rings is 1. The number of carbonyl (C=O) groups excluding carboxylic acids is 1. The Morgan fingerprint density at radius 2 is 2.10 bits per heavy atom. The van der Waals surface area contributed by atoms with Gasteiger partial charge < -0.3 is 14.4 Å². The number of carbonyl (C=O) groups is 1. The van der Waals surface area contributed by atoms with Crippen molar-refractivity contribution in [3.8, 4) is 22.2 Å². The van der Waals surface area contributed by atoms with E-state index in [-0.39, 0.29) is 11.2 Å². The van der Waals surface area contributed by atoms with Crippen LogP contribution in [0.5, 0.6) is 10.9 Å². The van der Waals surface area contributed by atoms with Crippen LogP contribution in [0.15, 0.2) is 23.6 Å². The fourth-order valence-corrected chi connectivity index (χ4v) is 5.59. The highest BCUT2D eigenvalue weighted by Crippen LogP contribution is 2.44. The van der Waals surface area contributed by atoms with Crippen molar-refractivity contribution in [1.82, 2.24) is 9.97 Å². The summed E-state index contributed by atoms with van der Waals surface area (Å²) in [6.07, 6.45) is 1.41. The van der Waals surface area contributed by atoms with Crippen molar-refractivity contribution in [1.29, 1.82) is 0 Å². The van der Waals surface area contributed by atoms with Crippen LogP contribution >= 0.6 is 22.7 Å². The van der Waals surface area contributed by atoms with Crippen LogP contribution in [-0.2, 0) is 6.42 Å². The number of aromatic nitrogens is 2. The van der Waals surface area contributed by atoms with Gasteiger partial charge in [0.15, 0.2) is 10.9 Å². The molecule has 5 rings (SSSR count). The van der Waals surface area contributed by atoms with Gasteiger partial charge in [-0.15, -0.1) is 0 Å². The van der Waals surface area contributed by atoms with Crippen molar-refractivity contribution >= 4 is 39.3 Å². The lowest BCUT2D eigenvalue weighted by Crippen LogP contribution is -2.28. The fraction of sp³-hybridized carbons (Fsp3) is 0.381. The molecule has 0 bridgehead atoms. The maximum Gasteiger partial charge on any atom is 0.273 e. The summed E-state index contributed by atoms with van der Waals surface area (Å²) in [5.74, 6) is 1.03. The number of methoxy groups -OCH3 is 1. The SMILES string of the molecule is COc1nc(-c2ccc3c(c2)N(c2nc4c(s2)C(=O)CC(C)(C)C4)CCO3)cs1. The van der Waals surface area contributed by atoms with E-state index >= 15 is 0 Å². The zero-order valence-electron chi connectivity index (χ0n) is 16.5. The van der Waals surface area contributed by atoms with Crippen molar-refractivity contribution in [3.63, 3.8) is 0 Å². The molecule has 0 amide bonds. The lowest BCUT2D eigenvalue weighted by atomic mass is 9.78. The monoisotopic (exact) mass is 427 g/mol. The minimum atomic E-state index is -0.0326. The summed E-state index contributed by atoms with van der Waals surface area (Å²) < 4.78 is 11.1. The average molecular weight is 428 g/mol. The molecule has 3 heterocycles. The van der Waals surface area contributed by atoms with Gasteiger partial charge in [-0.3, -0.25) is 4.79 Å². The molecular weight excluding hydrogens is 406 g/mol. The van der Waals surface area contributed by atoms with E-state index in [0.29, 0.717) is 24.8 Å². The quantitative estimate of drug-likeness (QED) is 0.589. The van der Waals surface area contributed by atoms with Crippen molar-refractivity contribution in [2.75, 3.05) is 25.2 Å². The minimum Gasteiger partial charge on any atom is -0.490 e. The number of anilines is 2. The van der Waals surface area contributed by atoms with Crippen LogP contribution in [-0.4, -0.2) is 36.0 Å². The Bertz CT molecular complexity index is 1100. The van der Waals surface area contributed by atoms with E-state index in [2.05, 4.69) is 29.8 Å². The van der Waals surface area contributed by atoms with Crippen molar-refractivity contribution in [3.05, 3.63) is 34.2 Å². The molecule has 0 saturated carbocycles. The summed E-state index contributed by atoms with van der Waals surface area (Å²) in [5, 5.41) is 3.48. The molecule has 6 nitrogen and oxygen atoms in total. The minimum absolute atomic E-state index is 0.0326. The molecule has 1 aliphatic heterocycles. The number of hydrogen-bond donors (Lipinski definition) is 0. The number of ether oxygens (including phenoxy) is 2. The van der Waals surface area contributed by atoms with Crippen molar-refractivity contribution < 1.29 is 14.3 Å². The number of Topliss-reactive ketones (excluding diaryl/α,β-unsaturated/α-hetero) is 1. The third-order valence-electron chi connectivity index (χ3n) is 5.23. The topological polar surface area (TPSA) is 64.5 Å². The Balaban J connectivity index is 1.54. The number of hydrogen-bond acceptors (Lipinski definition) is 8. The Morgan fingerprint density at radius 1 is 1.24 bits per heavy atom. The molecule has 3 aromatic rings. The Hall–Kier alpha value is -2.45. The average Bonchev–Trinajstić information content (AvgIpc) is 3.33. The third kappa shape index (κ3) is 3.30. The van der Waals surface area contributed by atoms with E-state index in [0.717, 1.165) is 44.8 Å². The Morgan fingerprint density at radius 3 is 2.90 bits per heavy atom. The molecule has 150 valence electrons. The number of nitrogens with zero attached hydrogens (tertiary/aromatic N) is 3. The maximum absolute atomic E-state index is 12.6. The van der Waals surface area contributed by atoms with E-state index < -0.39 is 0 Å². The second kappa shape index (κ2) is 6.81. The molecular formula is C21H21N3O3S2. The van der Waals surface area contributed by atoms with Gasteiger partial charge in [-0.25, -0.2) is 9.97 Å². The molecule has 0 unspecified atom stereocenters. The zero-order chi connectivity index (χ0) is 20.2. The first-order valence-corrected chi connectivity index (χ1v) is 11.2. The molecule has 29 heavy (non-hydrogen) atoms. The summed E-state index contributed by atoms with van der Waals surface area (Å²) in [7, 11) is 1.62. The summed E-state index contributed by atoms with van der Waals surface area (Å²) in [5.41, 5.74) is 3.72. The summed E-state index contributed by atoms with van der Waals surface area (Å²) in [6.45, 7) is 5.54.